The molecule has 0 N–H and O–H groups in total. The van der Waals surface area contributed by atoms with Crippen LogP contribution in [0.1, 0.15) is 66.7 Å². The van der Waals surface area contributed by atoms with Crippen LogP contribution in [0.2, 0.25) is 0 Å². The van der Waals surface area contributed by atoms with Gasteiger partial charge in [0, 0.05) is 12.4 Å². The van der Waals surface area contributed by atoms with Crippen molar-refractivity contribution in [3.8, 4) is 0 Å². The molecule has 0 aliphatic heterocycles. The van der Waals surface area contributed by atoms with Crippen LogP contribution in [0.25, 0.3) is 0 Å². The van der Waals surface area contributed by atoms with Gasteiger partial charge in [-0.1, -0.05) is 40.5 Å². The van der Waals surface area contributed by atoms with Crippen molar-refractivity contribution in [1.82, 2.24) is 0 Å². The molecular weight excluding hydrogens is 239 g/mol. The molecule has 0 bridgehead atoms. The van der Waals surface area contributed by atoms with Crippen LogP contribution in [0.4, 0.5) is 0 Å². The molecule has 0 aromatic heterocycles. The van der Waals surface area contributed by atoms with Gasteiger partial charge in [0.2, 0.25) is 0 Å². The number of carboxylic acid groups (broad SMARTS) is 1. The molecule has 0 spiro atoms. The fraction of sp³-hybridized carbons (Fsp3) is 0.857. The smallest absolute Gasteiger partial charge is 0.550 e. The average molecular weight is 266 g/mol. The zero-order chi connectivity index (χ0) is 13.8. The summed E-state index contributed by atoms with van der Waals surface area (Å²) < 4.78 is 0. The molecule has 0 heterocycles. The van der Waals surface area contributed by atoms with Crippen LogP contribution >= 0.6 is 0 Å². The van der Waals surface area contributed by atoms with E-state index in [1.54, 1.807) is 6.92 Å². The summed E-state index contributed by atoms with van der Waals surface area (Å²) >= 11 is 0. The fourth-order valence-electron chi connectivity index (χ4n) is 1.51. The first-order valence-corrected chi connectivity index (χ1v) is 6.55. The van der Waals surface area contributed by atoms with E-state index in [1.807, 2.05) is 20.8 Å². The van der Waals surface area contributed by atoms with E-state index < -0.39 is 5.97 Å². The summed E-state index contributed by atoms with van der Waals surface area (Å²) in [5.74, 6) is -0.302. The monoisotopic (exact) mass is 266 g/mol. The van der Waals surface area contributed by atoms with Crippen molar-refractivity contribution in [3.63, 3.8) is 0 Å². The van der Waals surface area contributed by atoms with Crippen LogP contribution in [0, 0.1) is 11.8 Å². The van der Waals surface area contributed by atoms with E-state index in [1.165, 1.54) is 0 Å². The second-order valence-electron chi connectivity index (χ2n) is 4.87. The van der Waals surface area contributed by atoms with Gasteiger partial charge in [-0.15, -0.1) is 0 Å². The third-order valence-electron chi connectivity index (χ3n) is 2.43. The average Bonchev–Trinajstić information content (AvgIpc) is 2.17. The number of carbonyl (C=O) groups excluding carboxylic acids is 2. The maximum Gasteiger partial charge on any atom is 1.00 e. The third kappa shape index (κ3) is 18.5. The SMILES string of the molecule is CC(=O)CC(C)C.CCCCC(CC)C(=O)[O-].[Na+]. The van der Waals surface area contributed by atoms with Crippen molar-refractivity contribution in [2.75, 3.05) is 0 Å². The molecule has 0 aliphatic rings. The van der Waals surface area contributed by atoms with Gasteiger partial charge in [0.25, 0.3) is 0 Å². The Labute approximate surface area is 134 Å². The molecule has 18 heavy (non-hydrogen) atoms. The van der Waals surface area contributed by atoms with Crippen molar-refractivity contribution in [2.24, 2.45) is 11.8 Å². The Morgan fingerprint density at radius 2 is 1.67 bits per heavy atom. The van der Waals surface area contributed by atoms with Crippen molar-refractivity contribution in [2.45, 2.75) is 66.7 Å². The number of carboxylic acids is 1. The number of ketones is 1. The summed E-state index contributed by atoms with van der Waals surface area (Å²) in [6, 6.07) is 0. The molecule has 1 atom stereocenters. The zero-order valence-corrected chi connectivity index (χ0v) is 14.9. The molecule has 0 radical (unpaired) electrons. The van der Waals surface area contributed by atoms with Crippen LogP contribution in [-0.2, 0) is 9.59 Å². The Balaban J connectivity index is -0.000000251. The molecule has 102 valence electrons. The van der Waals surface area contributed by atoms with Gasteiger partial charge in [0.05, 0.1) is 0 Å². The van der Waals surface area contributed by atoms with Gasteiger partial charge in [-0.05, 0) is 31.6 Å². The van der Waals surface area contributed by atoms with E-state index in [4.69, 9.17) is 0 Å². The minimum atomic E-state index is -0.893. The topological polar surface area (TPSA) is 57.2 Å². The van der Waals surface area contributed by atoms with E-state index in [0.29, 0.717) is 12.3 Å². The van der Waals surface area contributed by atoms with E-state index >= 15 is 0 Å². The van der Waals surface area contributed by atoms with Gasteiger partial charge in [0.15, 0.2) is 0 Å². The van der Waals surface area contributed by atoms with Gasteiger partial charge < -0.3 is 14.7 Å². The van der Waals surface area contributed by atoms with Gasteiger partial charge in [0.1, 0.15) is 5.78 Å². The van der Waals surface area contributed by atoms with Gasteiger partial charge in [-0.25, -0.2) is 0 Å². The largest absolute Gasteiger partial charge is 1.00 e. The predicted octanol–water partition coefficient (Wildman–Crippen LogP) is -0.422. The Bertz CT molecular complexity index is 215. The van der Waals surface area contributed by atoms with E-state index in [2.05, 4.69) is 6.92 Å². The molecule has 1 unspecified atom stereocenters. The van der Waals surface area contributed by atoms with Crippen LogP contribution in [0.5, 0.6) is 0 Å². The quantitative estimate of drug-likeness (QED) is 0.588. The van der Waals surface area contributed by atoms with Gasteiger partial charge in [-0.2, -0.15) is 0 Å². The van der Waals surface area contributed by atoms with Gasteiger partial charge in [-0.3, -0.25) is 0 Å². The standard InChI is InChI=1S/C8H16O2.C6H12O.Na/c1-3-5-6-7(4-2)8(9)10;1-5(2)4-6(3)7;/h7H,3-6H2,1-2H3,(H,9,10);5H,4H2,1-3H3;/q;;+1/p-1. The first kappa shape index (κ1) is 23.2. The molecule has 3 nitrogen and oxygen atoms in total. The van der Waals surface area contributed by atoms with Crippen molar-refractivity contribution in [1.29, 1.82) is 0 Å². The van der Waals surface area contributed by atoms with Crippen LogP contribution < -0.4 is 34.7 Å². The van der Waals surface area contributed by atoms with E-state index in [0.717, 1.165) is 25.7 Å². The Morgan fingerprint density at radius 1 is 1.17 bits per heavy atom. The number of hydrogen-bond acceptors (Lipinski definition) is 3. The number of unbranched alkanes of at least 4 members (excludes halogenated alkanes) is 1. The van der Waals surface area contributed by atoms with Crippen molar-refractivity contribution < 1.29 is 44.3 Å². The maximum atomic E-state index is 10.3. The summed E-state index contributed by atoms with van der Waals surface area (Å²) in [5, 5.41) is 10.3. The fourth-order valence-corrected chi connectivity index (χ4v) is 1.51. The zero-order valence-electron chi connectivity index (χ0n) is 12.9. The normalized spacial score (nSPS) is 11.0. The number of carbonyl (C=O) groups is 2. The summed E-state index contributed by atoms with van der Waals surface area (Å²) in [6.45, 7) is 9.65. The Kier molecular flexibility index (Phi) is 19.6. The number of hydrogen-bond donors (Lipinski definition) is 0. The third-order valence-corrected chi connectivity index (χ3v) is 2.43. The Morgan fingerprint density at radius 3 is 1.83 bits per heavy atom. The van der Waals surface area contributed by atoms with Crippen LogP contribution in [0.15, 0.2) is 0 Å². The molecule has 0 aliphatic carbocycles. The number of Topliss-reactive ketones (excluding diaryl/α,β-unsaturated/α-hetero) is 1. The second-order valence-corrected chi connectivity index (χ2v) is 4.87. The molecule has 4 heteroatoms. The summed E-state index contributed by atoms with van der Waals surface area (Å²) in [5.41, 5.74) is 0. The van der Waals surface area contributed by atoms with Gasteiger partial charge >= 0.3 is 29.6 Å². The molecule has 0 rings (SSSR count). The molecule has 0 saturated heterocycles. The molecule has 0 fully saturated rings. The summed E-state index contributed by atoms with van der Waals surface area (Å²) in [4.78, 5) is 20.6. The number of rotatable bonds is 7. The molecule has 0 amide bonds. The van der Waals surface area contributed by atoms with E-state index in [9.17, 15) is 14.7 Å². The minimum absolute atomic E-state index is 0. The molecule has 0 aromatic rings. The predicted molar refractivity (Wildman–Crippen MR) is 68.4 cm³/mol. The maximum absolute atomic E-state index is 10.3. The van der Waals surface area contributed by atoms with Crippen molar-refractivity contribution in [3.05, 3.63) is 0 Å². The summed E-state index contributed by atoms with van der Waals surface area (Å²) in [6.07, 6.45) is 4.24. The number of aliphatic carboxylic acids is 1. The van der Waals surface area contributed by atoms with Crippen molar-refractivity contribution >= 4 is 11.8 Å². The Hall–Kier alpha value is 0.140. The minimum Gasteiger partial charge on any atom is -0.550 e. The molecular formula is C14H27NaO3. The summed E-state index contributed by atoms with van der Waals surface area (Å²) in [7, 11) is 0. The second kappa shape index (κ2) is 15.2. The van der Waals surface area contributed by atoms with Crippen LogP contribution in [-0.4, -0.2) is 11.8 Å². The molecule has 0 saturated carbocycles. The first-order chi connectivity index (χ1) is 7.84. The van der Waals surface area contributed by atoms with E-state index in [-0.39, 0.29) is 41.3 Å². The molecule has 0 aromatic carbocycles. The first-order valence-electron chi connectivity index (χ1n) is 6.55. The van der Waals surface area contributed by atoms with Crippen LogP contribution in [0.3, 0.4) is 0 Å².